The van der Waals surface area contributed by atoms with Gasteiger partial charge in [0.05, 0.1) is 0 Å². The highest BCUT2D eigenvalue weighted by molar-refractivity contribution is 5.89. The number of ether oxygens (including phenoxy) is 1. The Bertz CT molecular complexity index is 747. The molecule has 0 aliphatic rings. The number of hydrogen-bond donors (Lipinski definition) is 1. The lowest BCUT2D eigenvalue weighted by atomic mass is 10.0. The molecule has 2 aromatic rings. The van der Waals surface area contributed by atoms with Gasteiger partial charge in [0.15, 0.2) is 0 Å². The van der Waals surface area contributed by atoms with Gasteiger partial charge in [-0.2, -0.15) is 0 Å². The molecule has 0 heterocycles. The van der Waals surface area contributed by atoms with Crippen LogP contribution < -0.4 is 5.32 Å². The van der Waals surface area contributed by atoms with Crippen LogP contribution in [0.25, 0.3) is 0 Å². The van der Waals surface area contributed by atoms with Crippen molar-refractivity contribution in [3.8, 4) is 0 Å². The Hall–Kier alpha value is -2.66. The smallest absolute Gasteiger partial charge is 0.247 e. The third-order valence-corrected chi connectivity index (χ3v) is 4.62. The first-order valence-electron chi connectivity index (χ1n) is 10.3. The molecule has 2 aromatic carbocycles. The minimum atomic E-state index is -0.682. The fourth-order valence-corrected chi connectivity index (χ4v) is 3.14. The van der Waals surface area contributed by atoms with Crippen LogP contribution in [0.4, 0.5) is 0 Å². The van der Waals surface area contributed by atoms with Crippen molar-refractivity contribution in [2.75, 3.05) is 19.8 Å². The number of nitrogens with zero attached hydrogens (tertiary/aromatic N) is 1. The van der Waals surface area contributed by atoms with Crippen molar-refractivity contribution in [2.45, 2.75) is 39.8 Å². The maximum atomic E-state index is 13.2. The van der Waals surface area contributed by atoms with Crippen LogP contribution >= 0.6 is 0 Å². The summed E-state index contributed by atoms with van der Waals surface area (Å²) in [7, 11) is 0. The van der Waals surface area contributed by atoms with E-state index in [1.54, 1.807) is 4.90 Å². The van der Waals surface area contributed by atoms with Crippen molar-refractivity contribution >= 4 is 11.8 Å². The maximum Gasteiger partial charge on any atom is 0.247 e. The van der Waals surface area contributed by atoms with Crippen LogP contribution in [0, 0.1) is 5.92 Å². The third-order valence-electron chi connectivity index (χ3n) is 4.62. The second-order valence-corrected chi connectivity index (χ2v) is 7.26. The van der Waals surface area contributed by atoms with E-state index in [0.29, 0.717) is 26.3 Å². The molecule has 5 nitrogen and oxygen atoms in total. The van der Waals surface area contributed by atoms with Crippen molar-refractivity contribution in [1.82, 2.24) is 10.2 Å². The molecule has 0 fully saturated rings. The average Bonchev–Trinajstić information content (AvgIpc) is 2.74. The average molecular weight is 397 g/mol. The summed E-state index contributed by atoms with van der Waals surface area (Å²) >= 11 is 0. The lowest BCUT2D eigenvalue weighted by Gasteiger charge is -2.33. The van der Waals surface area contributed by atoms with Crippen molar-refractivity contribution in [3.63, 3.8) is 0 Å². The van der Waals surface area contributed by atoms with Crippen LogP contribution in [-0.2, 0) is 20.9 Å². The van der Waals surface area contributed by atoms with Gasteiger partial charge in [-0.1, -0.05) is 74.5 Å². The second-order valence-electron chi connectivity index (χ2n) is 7.26. The van der Waals surface area contributed by atoms with E-state index < -0.39 is 6.04 Å². The number of nitrogens with one attached hydrogen (secondary N) is 1. The predicted octanol–water partition coefficient (Wildman–Crippen LogP) is 3.96. The van der Waals surface area contributed by atoms with Gasteiger partial charge in [-0.05, 0) is 24.5 Å². The zero-order chi connectivity index (χ0) is 21.1. The van der Waals surface area contributed by atoms with Gasteiger partial charge in [-0.25, -0.2) is 0 Å². The van der Waals surface area contributed by atoms with Crippen molar-refractivity contribution in [2.24, 2.45) is 5.92 Å². The quantitative estimate of drug-likeness (QED) is 0.585. The summed E-state index contributed by atoms with van der Waals surface area (Å²) in [4.78, 5) is 28.0. The summed E-state index contributed by atoms with van der Waals surface area (Å²) in [5.74, 6) is -0.430. The molecular weight excluding hydrogens is 364 g/mol. The minimum absolute atomic E-state index is 0.0489. The summed E-state index contributed by atoms with van der Waals surface area (Å²) in [6, 6.07) is 18.6. The SMILES string of the molecule is CCOCCCNC(=O)[C@H](c1ccccc1)N(Cc1ccccc1)C(=O)C(C)C. The molecule has 2 amide bonds. The van der Waals surface area contributed by atoms with Crippen molar-refractivity contribution < 1.29 is 14.3 Å². The molecular formula is C24H32N2O3. The van der Waals surface area contributed by atoms with Crippen LogP contribution in [0.15, 0.2) is 60.7 Å². The number of hydrogen-bond acceptors (Lipinski definition) is 3. The summed E-state index contributed by atoms with van der Waals surface area (Å²) in [5, 5.41) is 2.99. The van der Waals surface area contributed by atoms with E-state index in [1.165, 1.54) is 0 Å². The number of benzene rings is 2. The molecule has 0 unspecified atom stereocenters. The standard InChI is InChI=1S/C24H32N2O3/c1-4-29-17-11-16-25-23(27)22(21-14-9-6-10-15-21)26(24(28)19(2)3)18-20-12-7-5-8-13-20/h5-10,12-15,19,22H,4,11,16-18H2,1-3H3,(H,25,27)/t22-/m0/s1. The molecule has 0 bridgehead atoms. The lowest BCUT2D eigenvalue weighted by Crippen LogP contribution is -2.45. The molecule has 5 heteroatoms. The predicted molar refractivity (Wildman–Crippen MR) is 115 cm³/mol. The van der Waals surface area contributed by atoms with Gasteiger partial charge in [0.1, 0.15) is 6.04 Å². The first-order chi connectivity index (χ1) is 14.0. The number of carbonyl (C=O) groups is 2. The highest BCUT2D eigenvalue weighted by Crippen LogP contribution is 2.25. The van der Waals surface area contributed by atoms with Crippen LogP contribution in [0.1, 0.15) is 44.4 Å². The zero-order valence-electron chi connectivity index (χ0n) is 17.6. The molecule has 1 N–H and O–H groups in total. The van der Waals surface area contributed by atoms with E-state index in [4.69, 9.17) is 4.74 Å². The number of rotatable bonds is 11. The van der Waals surface area contributed by atoms with Crippen LogP contribution in [0.2, 0.25) is 0 Å². The lowest BCUT2D eigenvalue weighted by molar-refractivity contribution is -0.144. The Labute approximate surface area is 174 Å². The first kappa shape index (κ1) is 22.6. The van der Waals surface area contributed by atoms with Gasteiger partial charge in [-0.15, -0.1) is 0 Å². The van der Waals surface area contributed by atoms with Gasteiger partial charge < -0.3 is 15.0 Å². The van der Waals surface area contributed by atoms with Gasteiger partial charge in [0.25, 0.3) is 0 Å². The molecule has 0 aromatic heterocycles. The monoisotopic (exact) mass is 396 g/mol. The molecule has 0 saturated carbocycles. The molecule has 0 radical (unpaired) electrons. The van der Waals surface area contributed by atoms with Gasteiger partial charge in [0, 0.05) is 32.2 Å². The summed E-state index contributed by atoms with van der Waals surface area (Å²) < 4.78 is 5.34. The van der Waals surface area contributed by atoms with Crippen LogP contribution in [-0.4, -0.2) is 36.5 Å². The summed E-state index contributed by atoms with van der Waals surface area (Å²) in [6.07, 6.45) is 0.734. The molecule has 0 aliphatic heterocycles. The highest BCUT2D eigenvalue weighted by Gasteiger charge is 2.32. The largest absolute Gasteiger partial charge is 0.382 e. The number of amides is 2. The molecule has 29 heavy (non-hydrogen) atoms. The van der Waals surface area contributed by atoms with Crippen molar-refractivity contribution in [3.05, 3.63) is 71.8 Å². The minimum Gasteiger partial charge on any atom is -0.382 e. The molecule has 0 spiro atoms. The maximum absolute atomic E-state index is 13.2. The fourth-order valence-electron chi connectivity index (χ4n) is 3.14. The summed E-state index contributed by atoms with van der Waals surface area (Å²) in [6.45, 7) is 7.83. The zero-order valence-corrected chi connectivity index (χ0v) is 17.6. The number of carbonyl (C=O) groups excluding carboxylic acids is 2. The van der Waals surface area contributed by atoms with Crippen LogP contribution in [0.3, 0.4) is 0 Å². The van der Waals surface area contributed by atoms with E-state index in [9.17, 15) is 9.59 Å². The van der Waals surface area contributed by atoms with E-state index >= 15 is 0 Å². The Kier molecular flexibility index (Phi) is 9.38. The first-order valence-corrected chi connectivity index (χ1v) is 10.3. The summed E-state index contributed by atoms with van der Waals surface area (Å²) in [5.41, 5.74) is 1.80. The molecule has 0 aliphatic carbocycles. The third kappa shape index (κ3) is 7.02. The van der Waals surface area contributed by atoms with Gasteiger partial charge >= 0.3 is 0 Å². The Morgan fingerprint density at radius 3 is 2.21 bits per heavy atom. The molecule has 2 rings (SSSR count). The Morgan fingerprint density at radius 2 is 1.62 bits per heavy atom. The van der Waals surface area contributed by atoms with Gasteiger partial charge in [-0.3, -0.25) is 9.59 Å². The van der Waals surface area contributed by atoms with Crippen molar-refractivity contribution in [1.29, 1.82) is 0 Å². The van der Waals surface area contributed by atoms with Gasteiger partial charge in [0.2, 0.25) is 11.8 Å². The molecule has 1 atom stereocenters. The van der Waals surface area contributed by atoms with Crippen LogP contribution in [0.5, 0.6) is 0 Å². The Balaban J connectivity index is 2.28. The normalized spacial score (nSPS) is 11.9. The highest BCUT2D eigenvalue weighted by atomic mass is 16.5. The second kappa shape index (κ2) is 12.0. The topological polar surface area (TPSA) is 58.6 Å². The van der Waals surface area contributed by atoms with E-state index in [0.717, 1.165) is 17.5 Å². The molecule has 156 valence electrons. The molecule has 0 saturated heterocycles. The Morgan fingerprint density at radius 1 is 1.00 bits per heavy atom. The van der Waals surface area contributed by atoms with E-state index in [1.807, 2.05) is 81.4 Å². The van der Waals surface area contributed by atoms with E-state index in [2.05, 4.69) is 5.32 Å². The van der Waals surface area contributed by atoms with E-state index in [-0.39, 0.29) is 17.7 Å². The fraction of sp³-hybridized carbons (Fsp3) is 0.417.